The zero-order chi connectivity index (χ0) is 15.4. The molecule has 1 aliphatic carbocycles. The van der Waals surface area contributed by atoms with Crippen LogP contribution in [-0.2, 0) is 9.59 Å². The van der Waals surface area contributed by atoms with Gasteiger partial charge in [0.15, 0.2) is 0 Å². The molecule has 4 atom stereocenters. The van der Waals surface area contributed by atoms with Crippen LogP contribution < -0.4 is 16.8 Å². The van der Waals surface area contributed by atoms with Gasteiger partial charge >= 0.3 is 0 Å². The van der Waals surface area contributed by atoms with Crippen LogP contribution in [0.2, 0.25) is 0 Å². The molecule has 0 aromatic rings. The summed E-state index contributed by atoms with van der Waals surface area (Å²) in [6.07, 6.45) is -0.346. The van der Waals surface area contributed by atoms with Crippen molar-refractivity contribution in [3.05, 3.63) is 11.6 Å². The zero-order valence-corrected chi connectivity index (χ0v) is 11.7. The topological polar surface area (TPSA) is 139 Å². The first kappa shape index (κ1) is 16.6. The number of rotatable bonds is 5. The summed E-state index contributed by atoms with van der Waals surface area (Å²) >= 11 is 0. The number of aliphatic hydroxyl groups excluding tert-OH is 2. The van der Waals surface area contributed by atoms with Crippen molar-refractivity contribution >= 4 is 11.8 Å². The van der Waals surface area contributed by atoms with Crippen LogP contribution in [0.15, 0.2) is 11.6 Å². The largest absolute Gasteiger partial charge is 0.390 e. The van der Waals surface area contributed by atoms with Crippen LogP contribution in [0.3, 0.4) is 0 Å². The Morgan fingerprint density at radius 2 is 2.05 bits per heavy atom. The Kier molecular flexibility index (Phi) is 5.67. The highest BCUT2D eigenvalue weighted by Crippen LogP contribution is 2.19. The molecule has 2 amide bonds. The maximum Gasteiger partial charge on any atom is 0.247 e. The molecule has 0 unspecified atom stereocenters. The van der Waals surface area contributed by atoms with E-state index in [0.717, 1.165) is 0 Å². The number of hydrogen-bond acceptors (Lipinski definition) is 5. The Balaban J connectivity index is 2.74. The Morgan fingerprint density at radius 1 is 1.45 bits per heavy atom. The molecule has 0 spiro atoms. The van der Waals surface area contributed by atoms with Crippen LogP contribution in [0.5, 0.6) is 0 Å². The molecule has 0 aromatic heterocycles. The number of aliphatic hydroxyl groups is 2. The maximum absolute atomic E-state index is 12.1. The minimum Gasteiger partial charge on any atom is -0.390 e. The van der Waals surface area contributed by atoms with Gasteiger partial charge in [-0.2, -0.15) is 0 Å². The van der Waals surface area contributed by atoms with Crippen LogP contribution in [0.1, 0.15) is 26.7 Å². The fraction of sp³-hybridized carbons (Fsp3) is 0.692. The second kappa shape index (κ2) is 6.83. The molecule has 1 rings (SSSR count). The third-order valence-electron chi connectivity index (χ3n) is 3.26. The van der Waals surface area contributed by atoms with Gasteiger partial charge in [0.2, 0.25) is 11.8 Å². The number of nitrogens with one attached hydrogen (secondary N) is 1. The normalized spacial score (nSPS) is 27.9. The standard InChI is InChI=1S/C13H23N3O4/c1-6(2)3-9(12(15)19)16-13(20)7-4-8(14)11(18)10(17)5-7/h4,6,8-11,17-18H,3,5,14H2,1-2H3,(H2,15,19)(H,16,20)/t8-,9-,10-,11-/m1/s1. The van der Waals surface area contributed by atoms with Gasteiger partial charge in [0, 0.05) is 12.0 Å². The van der Waals surface area contributed by atoms with Gasteiger partial charge in [0.25, 0.3) is 0 Å². The van der Waals surface area contributed by atoms with E-state index in [1.165, 1.54) is 6.08 Å². The zero-order valence-electron chi connectivity index (χ0n) is 11.7. The van der Waals surface area contributed by atoms with Crippen LogP contribution >= 0.6 is 0 Å². The molecule has 7 nitrogen and oxygen atoms in total. The summed E-state index contributed by atoms with van der Waals surface area (Å²) in [5.74, 6) is -0.896. The highest BCUT2D eigenvalue weighted by atomic mass is 16.3. The van der Waals surface area contributed by atoms with E-state index in [-0.39, 0.29) is 17.9 Å². The van der Waals surface area contributed by atoms with Crippen LogP contribution in [0.25, 0.3) is 0 Å². The molecule has 7 heteroatoms. The average molecular weight is 285 g/mol. The minimum absolute atomic E-state index is 0.00609. The first-order valence-electron chi connectivity index (χ1n) is 6.65. The number of nitrogens with two attached hydrogens (primary N) is 2. The fourth-order valence-electron chi connectivity index (χ4n) is 2.14. The lowest BCUT2D eigenvalue weighted by atomic mass is 9.90. The monoisotopic (exact) mass is 285 g/mol. The van der Waals surface area contributed by atoms with E-state index in [9.17, 15) is 19.8 Å². The molecule has 7 N–H and O–H groups in total. The van der Waals surface area contributed by atoms with Gasteiger partial charge < -0.3 is 27.0 Å². The van der Waals surface area contributed by atoms with E-state index in [4.69, 9.17) is 11.5 Å². The lowest BCUT2D eigenvalue weighted by molar-refractivity contribution is -0.126. The van der Waals surface area contributed by atoms with Gasteiger partial charge in [0.05, 0.1) is 18.2 Å². The molecule has 20 heavy (non-hydrogen) atoms. The molecule has 0 saturated carbocycles. The molecule has 0 aliphatic heterocycles. The Morgan fingerprint density at radius 3 is 2.50 bits per heavy atom. The molecular weight excluding hydrogens is 262 g/mol. The molecule has 0 aromatic carbocycles. The smallest absolute Gasteiger partial charge is 0.247 e. The van der Waals surface area contributed by atoms with Crippen molar-refractivity contribution in [2.45, 2.75) is 51.0 Å². The van der Waals surface area contributed by atoms with Crippen molar-refractivity contribution < 1.29 is 19.8 Å². The number of hydrogen-bond donors (Lipinski definition) is 5. The van der Waals surface area contributed by atoms with Gasteiger partial charge in [-0.05, 0) is 12.3 Å². The maximum atomic E-state index is 12.1. The number of carbonyl (C=O) groups excluding carboxylic acids is 2. The van der Waals surface area contributed by atoms with Crippen molar-refractivity contribution in [2.24, 2.45) is 17.4 Å². The molecule has 0 radical (unpaired) electrons. The first-order valence-corrected chi connectivity index (χ1v) is 6.65. The van der Waals surface area contributed by atoms with Gasteiger partial charge in [-0.1, -0.05) is 19.9 Å². The average Bonchev–Trinajstić information content (AvgIpc) is 2.33. The second-order valence-electron chi connectivity index (χ2n) is 5.59. The summed E-state index contributed by atoms with van der Waals surface area (Å²) < 4.78 is 0. The first-order chi connectivity index (χ1) is 9.22. The van der Waals surface area contributed by atoms with E-state index < -0.39 is 36.1 Å². The summed E-state index contributed by atoms with van der Waals surface area (Å²) in [5.41, 5.74) is 11.1. The van der Waals surface area contributed by atoms with E-state index >= 15 is 0 Å². The summed E-state index contributed by atoms with van der Waals surface area (Å²) in [7, 11) is 0. The van der Waals surface area contributed by atoms with Crippen LogP contribution in [-0.4, -0.2) is 46.3 Å². The Hall–Kier alpha value is -1.44. The van der Waals surface area contributed by atoms with Crippen molar-refractivity contribution in [3.8, 4) is 0 Å². The van der Waals surface area contributed by atoms with Gasteiger partial charge in [0.1, 0.15) is 6.04 Å². The van der Waals surface area contributed by atoms with Crippen molar-refractivity contribution in [3.63, 3.8) is 0 Å². The molecule has 0 heterocycles. The van der Waals surface area contributed by atoms with Crippen LogP contribution in [0, 0.1) is 5.92 Å². The van der Waals surface area contributed by atoms with E-state index in [1.54, 1.807) is 0 Å². The van der Waals surface area contributed by atoms with E-state index in [1.807, 2.05) is 13.8 Å². The predicted octanol–water partition coefficient (Wildman–Crippen LogP) is -1.62. The van der Waals surface area contributed by atoms with Crippen LogP contribution in [0.4, 0.5) is 0 Å². The number of carbonyl (C=O) groups is 2. The second-order valence-corrected chi connectivity index (χ2v) is 5.59. The van der Waals surface area contributed by atoms with Gasteiger partial charge in [-0.15, -0.1) is 0 Å². The van der Waals surface area contributed by atoms with Gasteiger partial charge in [-0.25, -0.2) is 0 Å². The molecule has 0 bridgehead atoms. The summed E-state index contributed by atoms with van der Waals surface area (Å²) in [5, 5.41) is 21.7. The Bertz CT molecular complexity index is 408. The lowest BCUT2D eigenvalue weighted by Crippen LogP contribution is -2.49. The minimum atomic E-state index is -1.09. The molecule has 0 fully saturated rings. The SMILES string of the molecule is CC(C)C[C@@H](NC(=O)C1=C[C@@H](N)[C@@H](O)[C@H](O)C1)C(N)=O. The number of amides is 2. The molecular formula is C13H23N3O4. The predicted molar refractivity (Wildman–Crippen MR) is 73.3 cm³/mol. The summed E-state index contributed by atoms with van der Waals surface area (Å²) in [6.45, 7) is 3.83. The molecule has 114 valence electrons. The van der Waals surface area contributed by atoms with Crippen molar-refractivity contribution in [1.82, 2.24) is 5.32 Å². The quantitative estimate of drug-likeness (QED) is 0.413. The lowest BCUT2D eigenvalue weighted by Gasteiger charge is -2.28. The molecule has 1 aliphatic rings. The third-order valence-corrected chi connectivity index (χ3v) is 3.26. The van der Waals surface area contributed by atoms with Crippen molar-refractivity contribution in [2.75, 3.05) is 0 Å². The highest BCUT2D eigenvalue weighted by molar-refractivity contribution is 5.97. The van der Waals surface area contributed by atoms with E-state index in [0.29, 0.717) is 6.42 Å². The van der Waals surface area contributed by atoms with Gasteiger partial charge in [-0.3, -0.25) is 9.59 Å². The van der Waals surface area contributed by atoms with E-state index in [2.05, 4.69) is 5.32 Å². The fourth-order valence-corrected chi connectivity index (χ4v) is 2.14. The third kappa shape index (κ3) is 4.29. The summed E-state index contributed by atoms with van der Waals surface area (Å²) in [6, 6.07) is -1.57. The summed E-state index contributed by atoms with van der Waals surface area (Å²) in [4.78, 5) is 23.4. The Labute approximate surface area is 118 Å². The highest BCUT2D eigenvalue weighted by Gasteiger charge is 2.31. The number of primary amides is 1. The van der Waals surface area contributed by atoms with Crippen molar-refractivity contribution in [1.29, 1.82) is 0 Å². The molecule has 0 saturated heterocycles.